The van der Waals surface area contributed by atoms with E-state index in [2.05, 4.69) is 177 Å². The molecular formula is C46H48N2. The minimum absolute atomic E-state index is 0.0210. The molecule has 2 aliphatic carbocycles. The summed E-state index contributed by atoms with van der Waals surface area (Å²) >= 11 is 0. The van der Waals surface area contributed by atoms with Gasteiger partial charge in [0.25, 0.3) is 0 Å². The van der Waals surface area contributed by atoms with Gasteiger partial charge in [0.15, 0.2) is 0 Å². The van der Waals surface area contributed by atoms with Gasteiger partial charge in [0, 0.05) is 33.9 Å². The Bertz CT molecular complexity index is 1830. The van der Waals surface area contributed by atoms with Gasteiger partial charge in [-0.05, 0) is 119 Å². The number of nitrogens with zero attached hydrogens (tertiary/aromatic N) is 2. The number of allylic oxidation sites excluding steroid dienone is 2. The molecule has 0 N–H and O–H groups in total. The Morgan fingerprint density at radius 1 is 0.479 bits per heavy atom. The molecule has 0 spiro atoms. The first kappa shape index (κ1) is 31.8. The van der Waals surface area contributed by atoms with Crippen LogP contribution in [0.5, 0.6) is 0 Å². The van der Waals surface area contributed by atoms with Crippen LogP contribution in [0.15, 0.2) is 145 Å². The molecule has 0 aliphatic heterocycles. The fourth-order valence-electron chi connectivity index (χ4n) is 7.75. The average Bonchev–Trinajstić information content (AvgIpc) is 3.13. The maximum atomic E-state index is 2.51. The Balaban J connectivity index is 1.23. The summed E-state index contributed by atoms with van der Waals surface area (Å²) in [6, 6.07) is 46.1. The number of hydrogen-bond acceptors (Lipinski definition) is 2. The fourth-order valence-corrected chi connectivity index (χ4v) is 7.75. The molecule has 242 valence electrons. The second kappa shape index (κ2) is 13.7. The normalized spacial score (nSPS) is 17.1. The van der Waals surface area contributed by atoms with Gasteiger partial charge in [-0.15, -0.1) is 0 Å². The highest BCUT2D eigenvalue weighted by Gasteiger charge is 2.36. The minimum Gasteiger partial charge on any atom is -0.334 e. The lowest BCUT2D eigenvalue weighted by molar-refractivity contribution is 0.346. The van der Waals surface area contributed by atoms with Crippen LogP contribution in [0, 0.1) is 20.8 Å². The molecule has 2 nitrogen and oxygen atoms in total. The van der Waals surface area contributed by atoms with E-state index in [1.807, 2.05) is 0 Å². The molecule has 5 aromatic rings. The molecule has 7 rings (SSSR count). The van der Waals surface area contributed by atoms with Crippen LogP contribution < -0.4 is 9.80 Å². The first-order valence-corrected chi connectivity index (χ1v) is 17.8. The van der Waals surface area contributed by atoms with E-state index in [1.54, 1.807) is 0 Å². The van der Waals surface area contributed by atoms with Crippen molar-refractivity contribution in [2.45, 2.75) is 77.7 Å². The zero-order valence-electron chi connectivity index (χ0n) is 29.0. The van der Waals surface area contributed by atoms with Crippen molar-refractivity contribution < 1.29 is 0 Å². The van der Waals surface area contributed by atoms with Crippen LogP contribution in [0.25, 0.3) is 0 Å². The zero-order valence-corrected chi connectivity index (χ0v) is 29.0. The zero-order chi connectivity index (χ0) is 33.1. The smallest absolute Gasteiger partial charge is 0.0560 e. The predicted octanol–water partition coefficient (Wildman–Crippen LogP) is 12.7. The Morgan fingerprint density at radius 2 is 0.875 bits per heavy atom. The Hall–Kier alpha value is -4.82. The highest BCUT2D eigenvalue weighted by Crippen LogP contribution is 2.47. The lowest BCUT2D eigenvalue weighted by Gasteiger charge is -2.39. The summed E-state index contributed by atoms with van der Waals surface area (Å²) in [5, 5.41) is 0. The van der Waals surface area contributed by atoms with Gasteiger partial charge in [-0.3, -0.25) is 0 Å². The standard InChI is InChI=1S/C46H48N2/c1-34-8-20-40(21-9-34)47(41-22-10-35(2)11-23-41)44-28-16-38(17-29-44)46(32-6-5-7-33-46)39-18-30-45(31-19-39)48(42-24-12-36(3)13-25-42)43-26-14-37(4)15-27-43/h8-26,28-31,43H,5-7,27,32-33H2,1-4H3. The van der Waals surface area contributed by atoms with Crippen molar-refractivity contribution >= 4 is 28.4 Å². The Morgan fingerprint density at radius 3 is 1.29 bits per heavy atom. The summed E-state index contributed by atoms with van der Waals surface area (Å²) < 4.78 is 0. The van der Waals surface area contributed by atoms with Gasteiger partial charge < -0.3 is 9.80 Å². The van der Waals surface area contributed by atoms with Gasteiger partial charge in [0.2, 0.25) is 0 Å². The summed E-state index contributed by atoms with van der Waals surface area (Å²) in [7, 11) is 0. The third-order valence-electron chi connectivity index (χ3n) is 10.6. The van der Waals surface area contributed by atoms with Gasteiger partial charge in [-0.25, -0.2) is 0 Å². The molecular weight excluding hydrogens is 581 g/mol. The Kier molecular flexibility index (Phi) is 9.08. The first-order valence-electron chi connectivity index (χ1n) is 17.8. The first-order chi connectivity index (χ1) is 23.4. The third kappa shape index (κ3) is 6.49. The van der Waals surface area contributed by atoms with Gasteiger partial charge in [-0.2, -0.15) is 0 Å². The molecule has 5 aromatic carbocycles. The molecule has 0 bridgehead atoms. The van der Waals surface area contributed by atoms with E-state index in [4.69, 9.17) is 0 Å². The van der Waals surface area contributed by atoms with Crippen LogP contribution in [0.3, 0.4) is 0 Å². The van der Waals surface area contributed by atoms with E-state index < -0.39 is 0 Å². The molecule has 0 amide bonds. The topological polar surface area (TPSA) is 6.48 Å². The predicted molar refractivity (Wildman–Crippen MR) is 206 cm³/mol. The van der Waals surface area contributed by atoms with Gasteiger partial charge in [0.1, 0.15) is 0 Å². The summed E-state index contributed by atoms with van der Waals surface area (Å²) in [6.07, 6.45) is 14.2. The number of rotatable bonds is 8. The van der Waals surface area contributed by atoms with Crippen molar-refractivity contribution in [3.8, 4) is 0 Å². The van der Waals surface area contributed by atoms with Gasteiger partial charge in [-0.1, -0.05) is 120 Å². The molecule has 0 saturated heterocycles. The van der Waals surface area contributed by atoms with E-state index >= 15 is 0 Å². The van der Waals surface area contributed by atoms with E-state index in [9.17, 15) is 0 Å². The van der Waals surface area contributed by atoms with Crippen molar-refractivity contribution in [1.29, 1.82) is 0 Å². The number of hydrogen-bond donors (Lipinski definition) is 0. The van der Waals surface area contributed by atoms with Crippen molar-refractivity contribution in [3.63, 3.8) is 0 Å². The minimum atomic E-state index is 0.0210. The second-order valence-electron chi connectivity index (χ2n) is 14.1. The molecule has 0 heterocycles. The van der Waals surface area contributed by atoms with Gasteiger partial charge in [0.05, 0.1) is 6.04 Å². The fraction of sp³-hybridized carbons (Fsp3) is 0.261. The van der Waals surface area contributed by atoms with E-state index in [1.165, 1.54) is 93.9 Å². The van der Waals surface area contributed by atoms with Crippen LogP contribution in [0.4, 0.5) is 28.4 Å². The monoisotopic (exact) mass is 628 g/mol. The van der Waals surface area contributed by atoms with Crippen LogP contribution in [-0.4, -0.2) is 6.04 Å². The quantitative estimate of drug-likeness (QED) is 0.169. The van der Waals surface area contributed by atoms with E-state index in [0.717, 1.165) is 6.42 Å². The van der Waals surface area contributed by atoms with E-state index in [-0.39, 0.29) is 5.41 Å². The molecule has 1 fully saturated rings. The van der Waals surface area contributed by atoms with Crippen LogP contribution in [0.1, 0.15) is 73.3 Å². The van der Waals surface area contributed by atoms with Crippen molar-refractivity contribution in [3.05, 3.63) is 173 Å². The molecule has 2 aliphatic rings. The lowest BCUT2D eigenvalue weighted by Crippen LogP contribution is -2.32. The van der Waals surface area contributed by atoms with Crippen LogP contribution in [0.2, 0.25) is 0 Å². The summed E-state index contributed by atoms with van der Waals surface area (Å²) in [5.41, 5.74) is 14.1. The molecule has 2 heteroatoms. The van der Waals surface area contributed by atoms with Crippen LogP contribution >= 0.6 is 0 Å². The molecule has 1 atom stereocenters. The van der Waals surface area contributed by atoms with Crippen LogP contribution in [-0.2, 0) is 5.41 Å². The maximum absolute atomic E-state index is 2.51. The number of benzene rings is 5. The molecule has 0 aromatic heterocycles. The maximum Gasteiger partial charge on any atom is 0.0560 e. The molecule has 48 heavy (non-hydrogen) atoms. The summed E-state index contributed by atoms with van der Waals surface area (Å²) in [5.74, 6) is 0. The highest BCUT2D eigenvalue weighted by molar-refractivity contribution is 5.77. The lowest BCUT2D eigenvalue weighted by atomic mass is 9.65. The SMILES string of the molecule is CC1=CCC(N(c2ccc(C)cc2)c2ccc(C3(c4ccc(N(c5ccc(C)cc5)c5ccc(C)cc5)cc4)CCCCC3)cc2)C=C1. The van der Waals surface area contributed by atoms with Crippen molar-refractivity contribution in [2.75, 3.05) is 9.80 Å². The number of anilines is 5. The average molecular weight is 629 g/mol. The number of aryl methyl sites for hydroxylation is 3. The third-order valence-corrected chi connectivity index (χ3v) is 10.6. The summed E-state index contributed by atoms with van der Waals surface area (Å²) in [4.78, 5) is 4.89. The summed E-state index contributed by atoms with van der Waals surface area (Å²) in [6.45, 7) is 8.65. The second-order valence-corrected chi connectivity index (χ2v) is 14.1. The Labute approximate surface area is 288 Å². The van der Waals surface area contributed by atoms with Crippen molar-refractivity contribution in [2.24, 2.45) is 0 Å². The van der Waals surface area contributed by atoms with Crippen molar-refractivity contribution in [1.82, 2.24) is 0 Å². The van der Waals surface area contributed by atoms with E-state index in [0.29, 0.717) is 6.04 Å². The highest BCUT2D eigenvalue weighted by atomic mass is 15.2. The molecule has 1 unspecified atom stereocenters. The molecule has 1 saturated carbocycles. The largest absolute Gasteiger partial charge is 0.334 e. The van der Waals surface area contributed by atoms with Gasteiger partial charge >= 0.3 is 0 Å². The molecule has 0 radical (unpaired) electrons.